The number of rotatable bonds is 5. The van der Waals surface area contributed by atoms with Crippen LogP contribution >= 0.6 is 23.4 Å². The maximum atomic E-state index is 12.0. The molecule has 122 valence electrons. The summed E-state index contributed by atoms with van der Waals surface area (Å²) in [6, 6.07) is 7.76. The van der Waals surface area contributed by atoms with Crippen LogP contribution in [0.3, 0.4) is 0 Å². The quantitative estimate of drug-likeness (QED) is 0.769. The Morgan fingerprint density at radius 2 is 2.14 bits per heavy atom. The maximum absolute atomic E-state index is 12.0. The average Bonchev–Trinajstić information content (AvgIpc) is 2.50. The number of nitrogens with one attached hydrogen (secondary N) is 2. The van der Waals surface area contributed by atoms with Crippen molar-refractivity contribution in [2.24, 2.45) is 0 Å². The largest absolute Gasteiger partial charge is 0.393 e. The summed E-state index contributed by atoms with van der Waals surface area (Å²) in [5, 5.41) is 16.3. The Bertz CT molecular complexity index is 493. The van der Waals surface area contributed by atoms with Crippen LogP contribution in [0.1, 0.15) is 36.5 Å². The number of carbonyl (C=O) groups excluding carboxylic acids is 1. The van der Waals surface area contributed by atoms with Gasteiger partial charge in [0.15, 0.2) is 0 Å². The van der Waals surface area contributed by atoms with Gasteiger partial charge in [0.25, 0.3) is 0 Å². The second kappa shape index (κ2) is 8.65. The molecule has 0 aromatic heterocycles. The van der Waals surface area contributed by atoms with Crippen LogP contribution in [-0.2, 0) is 0 Å². The van der Waals surface area contributed by atoms with Crippen molar-refractivity contribution in [2.45, 2.75) is 43.1 Å². The van der Waals surface area contributed by atoms with Crippen LogP contribution < -0.4 is 10.6 Å². The molecule has 0 unspecified atom stereocenters. The molecule has 0 radical (unpaired) electrons. The van der Waals surface area contributed by atoms with Crippen molar-refractivity contribution in [1.29, 1.82) is 0 Å². The van der Waals surface area contributed by atoms with E-state index in [1.165, 1.54) is 0 Å². The Kier molecular flexibility index (Phi) is 6.86. The highest BCUT2D eigenvalue weighted by Gasteiger charge is 2.21. The van der Waals surface area contributed by atoms with Crippen LogP contribution in [0.5, 0.6) is 0 Å². The molecule has 1 aliphatic carbocycles. The summed E-state index contributed by atoms with van der Waals surface area (Å²) in [5.41, 5.74) is 1.11. The van der Waals surface area contributed by atoms with Gasteiger partial charge in [-0.05, 0) is 49.6 Å². The fraction of sp³-hybridized carbons (Fsp3) is 0.562. The maximum Gasteiger partial charge on any atom is 0.315 e. The van der Waals surface area contributed by atoms with Gasteiger partial charge >= 0.3 is 6.03 Å². The van der Waals surface area contributed by atoms with Gasteiger partial charge < -0.3 is 15.7 Å². The van der Waals surface area contributed by atoms with E-state index >= 15 is 0 Å². The molecular formula is C16H23ClN2O2S. The highest BCUT2D eigenvalue weighted by Crippen LogP contribution is 2.27. The summed E-state index contributed by atoms with van der Waals surface area (Å²) >= 11 is 7.71. The standard InChI is InChI=1S/C16H23ClN2O2S/c1-22-15(11-3-2-4-12(17)9-11)10-18-16(21)19-13-5-7-14(20)8-6-13/h2-4,9,13-15,20H,5-8,10H2,1H3,(H2,18,19,21)/t13?,14?,15-/m0/s1. The van der Waals surface area contributed by atoms with E-state index in [2.05, 4.69) is 10.6 Å². The van der Waals surface area contributed by atoms with Crippen LogP contribution in [0.2, 0.25) is 5.02 Å². The highest BCUT2D eigenvalue weighted by atomic mass is 35.5. The second-order valence-corrected chi connectivity index (χ2v) is 7.12. The third-order valence-electron chi connectivity index (χ3n) is 3.98. The van der Waals surface area contributed by atoms with Gasteiger partial charge in [-0.15, -0.1) is 0 Å². The fourth-order valence-corrected chi connectivity index (χ4v) is 3.55. The van der Waals surface area contributed by atoms with Gasteiger partial charge in [0.05, 0.1) is 6.10 Å². The van der Waals surface area contributed by atoms with E-state index in [0.717, 1.165) is 31.2 Å². The van der Waals surface area contributed by atoms with Crippen molar-refractivity contribution in [3.05, 3.63) is 34.9 Å². The topological polar surface area (TPSA) is 61.4 Å². The van der Waals surface area contributed by atoms with Gasteiger partial charge in [-0.25, -0.2) is 4.79 Å². The number of hydrogen-bond acceptors (Lipinski definition) is 3. The predicted molar refractivity (Wildman–Crippen MR) is 92.5 cm³/mol. The van der Waals surface area contributed by atoms with Gasteiger partial charge in [-0.2, -0.15) is 11.8 Å². The minimum absolute atomic E-state index is 0.137. The highest BCUT2D eigenvalue weighted by molar-refractivity contribution is 7.98. The summed E-state index contributed by atoms with van der Waals surface area (Å²) in [6.45, 7) is 0.558. The number of aliphatic hydroxyl groups excluding tert-OH is 1. The lowest BCUT2D eigenvalue weighted by molar-refractivity contribution is 0.117. The minimum atomic E-state index is -0.204. The Labute approximate surface area is 141 Å². The molecule has 1 atom stereocenters. The van der Waals surface area contributed by atoms with Gasteiger partial charge in [-0.3, -0.25) is 0 Å². The van der Waals surface area contributed by atoms with Crippen molar-refractivity contribution in [1.82, 2.24) is 10.6 Å². The molecular weight excluding hydrogens is 320 g/mol. The molecule has 0 heterocycles. The van der Waals surface area contributed by atoms with Gasteiger partial charge in [0.2, 0.25) is 0 Å². The van der Waals surface area contributed by atoms with Crippen molar-refractivity contribution >= 4 is 29.4 Å². The molecule has 1 saturated carbocycles. The van der Waals surface area contributed by atoms with Crippen LogP contribution in [0.15, 0.2) is 24.3 Å². The Hall–Kier alpha value is -0.910. The van der Waals surface area contributed by atoms with Crippen molar-refractivity contribution in [2.75, 3.05) is 12.8 Å². The first-order valence-corrected chi connectivity index (χ1v) is 9.25. The van der Waals surface area contributed by atoms with Crippen LogP contribution in [0, 0.1) is 0 Å². The van der Waals surface area contributed by atoms with Gasteiger partial charge in [0, 0.05) is 22.9 Å². The normalized spacial score (nSPS) is 22.9. The number of thioether (sulfide) groups is 1. The van der Waals surface area contributed by atoms with E-state index in [-0.39, 0.29) is 23.4 Å². The monoisotopic (exact) mass is 342 g/mol. The smallest absolute Gasteiger partial charge is 0.315 e. The predicted octanol–water partition coefficient (Wildman–Crippen LogP) is 3.35. The molecule has 0 saturated heterocycles. The lowest BCUT2D eigenvalue weighted by Gasteiger charge is -2.26. The fourth-order valence-electron chi connectivity index (χ4n) is 2.69. The summed E-state index contributed by atoms with van der Waals surface area (Å²) in [7, 11) is 0. The van der Waals surface area contributed by atoms with Crippen LogP contribution in [0.25, 0.3) is 0 Å². The zero-order valence-corrected chi connectivity index (χ0v) is 14.3. The zero-order valence-electron chi connectivity index (χ0n) is 12.7. The summed E-state index contributed by atoms with van der Waals surface area (Å²) in [4.78, 5) is 12.0. The zero-order chi connectivity index (χ0) is 15.9. The molecule has 3 N–H and O–H groups in total. The van der Waals surface area contributed by atoms with E-state index < -0.39 is 0 Å². The van der Waals surface area contributed by atoms with E-state index in [1.54, 1.807) is 11.8 Å². The number of hydrogen-bond donors (Lipinski definition) is 3. The molecule has 2 rings (SSSR count). The second-order valence-electron chi connectivity index (χ2n) is 5.64. The first-order chi connectivity index (χ1) is 10.6. The molecule has 0 bridgehead atoms. The number of aliphatic hydroxyl groups is 1. The Morgan fingerprint density at radius 3 is 2.77 bits per heavy atom. The van der Waals surface area contributed by atoms with E-state index in [4.69, 9.17) is 11.6 Å². The number of halogens is 1. The number of carbonyl (C=O) groups is 1. The van der Waals surface area contributed by atoms with Crippen molar-refractivity contribution in [3.63, 3.8) is 0 Å². The first-order valence-electron chi connectivity index (χ1n) is 7.59. The number of urea groups is 1. The molecule has 1 aliphatic rings. The van der Waals surface area contributed by atoms with Crippen molar-refractivity contribution < 1.29 is 9.90 Å². The summed E-state index contributed by atoms with van der Waals surface area (Å²) in [6.07, 6.45) is 5.03. The first kappa shape index (κ1) is 17.4. The van der Waals surface area contributed by atoms with E-state index in [0.29, 0.717) is 11.6 Å². The number of benzene rings is 1. The molecule has 6 heteroatoms. The molecule has 2 amide bonds. The average molecular weight is 343 g/mol. The van der Waals surface area contributed by atoms with Crippen molar-refractivity contribution in [3.8, 4) is 0 Å². The third kappa shape index (κ3) is 5.38. The summed E-state index contributed by atoms with van der Waals surface area (Å²) in [5.74, 6) is 0. The van der Waals surface area contributed by atoms with Gasteiger partial charge in [0.1, 0.15) is 0 Å². The molecule has 1 aromatic rings. The molecule has 1 fully saturated rings. The molecule has 0 spiro atoms. The molecule has 1 aromatic carbocycles. The lowest BCUT2D eigenvalue weighted by atomic mass is 9.93. The Morgan fingerprint density at radius 1 is 1.41 bits per heavy atom. The molecule has 22 heavy (non-hydrogen) atoms. The SMILES string of the molecule is CS[C@@H](CNC(=O)NC1CCC(O)CC1)c1cccc(Cl)c1. The summed E-state index contributed by atoms with van der Waals surface area (Å²) < 4.78 is 0. The molecule has 4 nitrogen and oxygen atoms in total. The van der Waals surface area contributed by atoms with Crippen LogP contribution in [-0.4, -0.2) is 36.1 Å². The molecule has 0 aliphatic heterocycles. The Balaban J connectivity index is 1.79. The minimum Gasteiger partial charge on any atom is -0.393 e. The third-order valence-corrected chi connectivity index (χ3v) is 5.23. The lowest BCUT2D eigenvalue weighted by Crippen LogP contribution is -2.45. The van der Waals surface area contributed by atoms with Crippen LogP contribution in [0.4, 0.5) is 4.79 Å². The number of amides is 2. The van der Waals surface area contributed by atoms with E-state index in [1.807, 2.05) is 30.5 Å². The van der Waals surface area contributed by atoms with E-state index in [9.17, 15) is 9.90 Å². The van der Waals surface area contributed by atoms with Gasteiger partial charge in [-0.1, -0.05) is 23.7 Å².